The lowest BCUT2D eigenvalue weighted by molar-refractivity contribution is -0.137. The molecular weight excluding hydrogens is 399 g/mol. The van der Waals surface area contributed by atoms with E-state index in [9.17, 15) is 22.8 Å². The summed E-state index contributed by atoms with van der Waals surface area (Å²) >= 11 is 3.37. The van der Waals surface area contributed by atoms with Gasteiger partial charge in [-0.2, -0.15) is 13.2 Å². The molecule has 2 aliphatic carbocycles. The molecule has 0 spiro atoms. The minimum atomic E-state index is -4.57. The molecule has 1 N–H and O–H groups in total. The molecule has 25 heavy (non-hydrogen) atoms. The van der Waals surface area contributed by atoms with Crippen LogP contribution in [0.15, 0.2) is 24.3 Å². The fourth-order valence-corrected chi connectivity index (χ4v) is 6.04. The average Bonchev–Trinajstić information content (AvgIpc) is 2.79. The molecule has 0 heterocycles. The molecule has 7 heteroatoms. The molecule has 3 unspecified atom stereocenters. The number of alkyl halides is 4. The van der Waals surface area contributed by atoms with Crippen LogP contribution in [0.4, 0.5) is 18.9 Å². The number of ketones is 1. The second-order valence-corrected chi connectivity index (χ2v) is 8.57. The topological polar surface area (TPSA) is 46.2 Å². The van der Waals surface area contributed by atoms with Gasteiger partial charge in [0.15, 0.2) is 5.78 Å². The van der Waals surface area contributed by atoms with E-state index < -0.39 is 38.7 Å². The maximum Gasteiger partial charge on any atom is 0.418 e. The fraction of sp³-hybridized carbons (Fsp3) is 0.556. The molecule has 3 rings (SSSR count). The Balaban J connectivity index is 2.02. The first-order valence-corrected chi connectivity index (χ1v) is 8.97. The quantitative estimate of drug-likeness (QED) is 0.702. The zero-order valence-electron chi connectivity index (χ0n) is 14.1. The third-order valence-electron chi connectivity index (χ3n) is 6.61. The van der Waals surface area contributed by atoms with E-state index in [0.717, 1.165) is 6.07 Å². The number of Topliss-reactive ketones (excluding diaryl/α,β-unsaturated/α-hetero) is 1. The van der Waals surface area contributed by atoms with Gasteiger partial charge in [0, 0.05) is 5.41 Å². The van der Waals surface area contributed by atoms with Crippen LogP contribution in [-0.4, -0.2) is 16.5 Å². The number of hydrogen-bond acceptors (Lipinski definition) is 2. The van der Waals surface area contributed by atoms with Gasteiger partial charge in [0.1, 0.15) is 0 Å². The van der Waals surface area contributed by atoms with Gasteiger partial charge in [-0.15, -0.1) is 0 Å². The Kier molecular flexibility index (Phi) is 3.92. The summed E-state index contributed by atoms with van der Waals surface area (Å²) < 4.78 is 39.6. The summed E-state index contributed by atoms with van der Waals surface area (Å²) in [4.78, 5) is 25.1. The largest absolute Gasteiger partial charge is 0.418 e. The number of amides is 1. The zero-order valence-corrected chi connectivity index (χ0v) is 15.7. The number of fused-ring (bicyclic) bond motifs is 2. The predicted octanol–water partition coefficient (Wildman–Crippen LogP) is 4.80. The van der Waals surface area contributed by atoms with E-state index in [1.54, 1.807) is 0 Å². The third-order valence-corrected chi connectivity index (χ3v) is 7.80. The Morgan fingerprint density at radius 1 is 1.20 bits per heavy atom. The Labute approximate surface area is 152 Å². The van der Waals surface area contributed by atoms with E-state index >= 15 is 0 Å². The molecule has 2 fully saturated rings. The van der Waals surface area contributed by atoms with Crippen LogP contribution < -0.4 is 5.32 Å². The highest BCUT2D eigenvalue weighted by Gasteiger charge is 2.76. The van der Waals surface area contributed by atoms with Crippen molar-refractivity contribution in [3.63, 3.8) is 0 Å². The Bertz CT molecular complexity index is 761. The number of hydrogen-bond donors (Lipinski definition) is 1. The van der Waals surface area contributed by atoms with Crippen LogP contribution in [0.25, 0.3) is 0 Å². The van der Waals surface area contributed by atoms with Crippen LogP contribution in [0.1, 0.15) is 39.2 Å². The number of carbonyl (C=O) groups excluding carboxylic acids is 2. The first-order chi connectivity index (χ1) is 11.4. The van der Waals surface area contributed by atoms with Crippen molar-refractivity contribution in [3.05, 3.63) is 29.8 Å². The summed E-state index contributed by atoms with van der Waals surface area (Å²) in [7, 11) is 0. The highest BCUT2D eigenvalue weighted by atomic mass is 79.9. The van der Waals surface area contributed by atoms with Crippen molar-refractivity contribution in [3.8, 4) is 0 Å². The predicted molar refractivity (Wildman–Crippen MR) is 91.4 cm³/mol. The van der Waals surface area contributed by atoms with Crippen molar-refractivity contribution in [1.29, 1.82) is 0 Å². The number of benzene rings is 1. The molecule has 1 aromatic carbocycles. The number of nitrogens with one attached hydrogen (secondary N) is 1. The molecular formula is C18H19BrF3NO2. The van der Waals surface area contributed by atoms with E-state index in [0.29, 0.717) is 12.8 Å². The zero-order chi connectivity index (χ0) is 18.8. The summed E-state index contributed by atoms with van der Waals surface area (Å²) in [5, 5.41) is 2.46. The summed E-state index contributed by atoms with van der Waals surface area (Å²) in [5.74, 6) is -0.589. The lowest BCUT2D eigenvalue weighted by Crippen LogP contribution is -2.48. The highest BCUT2D eigenvalue weighted by molar-refractivity contribution is 9.10. The van der Waals surface area contributed by atoms with Gasteiger partial charge in [0.2, 0.25) is 5.91 Å². The van der Waals surface area contributed by atoms with Crippen LogP contribution in [-0.2, 0) is 15.8 Å². The van der Waals surface area contributed by atoms with Crippen LogP contribution in [0, 0.1) is 16.2 Å². The second-order valence-electron chi connectivity index (χ2n) is 7.65. The molecule has 2 bridgehead atoms. The van der Waals surface area contributed by atoms with E-state index in [4.69, 9.17) is 0 Å². The summed E-state index contributed by atoms with van der Waals surface area (Å²) in [6, 6.07) is 4.89. The summed E-state index contributed by atoms with van der Waals surface area (Å²) in [5.41, 5.74) is -3.58. The highest BCUT2D eigenvalue weighted by Crippen LogP contribution is 2.72. The number of rotatable bonds is 2. The standard InChI is InChI=1S/C18H19BrF3NO2/c1-15(2)16(3)8-9-17(15,12(19)13(16)24)14(25)23-11-7-5-4-6-10(11)18(20,21)22/h4-7,12H,8-9H2,1-3H3,(H,23,25). The summed E-state index contributed by atoms with van der Waals surface area (Å²) in [6.07, 6.45) is -3.56. The molecule has 1 aromatic rings. The van der Waals surface area contributed by atoms with Crippen LogP contribution in [0.2, 0.25) is 0 Å². The molecule has 1 amide bonds. The van der Waals surface area contributed by atoms with Gasteiger partial charge in [-0.1, -0.05) is 48.8 Å². The van der Waals surface area contributed by atoms with Gasteiger partial charge in [0.25, 0.3) is 0 Å². The van der Waals surface area contributed by atoms with E-state index in [1.165, 1.54) is 18.2 Å². The first-order valence-electron chi connectivity index (χ1n) is 8.06. The van der Waals surface area contributed by atoms with Crippen LogP contribution in [0.5, 0.6) is 0 Å². The van der Waals surface area contributed by atoms with Gasteiger partial charge < -0.3 is 5.32 Å². The Morgan fingerprint density at radius 2 is 1.80 bits per heavy atom. The smallest absolute Gasteiger partial charge is 0.325 e. The SMILES string of the molecule is CC12CCC(C(=O)Nc3ccccc3C(F)(F)F)(C(Br)C1=O)C2(C)C. The monoisotopic (exact) mass is 417 g/mol. The number of anilines is 1. The Morgan fingerprint density at radius 3 is 2.32 bits per heavy atom. The van der Waals surface area contributed by atoms with E-state index in [1.807, 2.05) is 20.8 Å². The molecule has 0 radical (unpaired) electrons. The molecule has 0 aromatic heterocycles. The minimum Gasteiger partial charge on any atom is -0.325 e. The van der Waals surface area contributed by atoms with Crippen molar-refractivity contribution >= 4 is 33.3 Å². The van der Waals surface area contributed by atoms with Crippen LogP contribution in [0.3, 0.4) is 0 Å². The lowest BCUT2D eigenvalue weighted by atomic mass is 9.64. The van der Waals surface area contributed by atoms with Gasteiger partial charge in [-0.05, 0) is 30.4 Å². The molecule has 2 saturated carbocycles. The normalized spacial score (nSPS) is 33.6. The first kappa shape index (κ1) is 18.4. The molecule has 2 aliphatic rings. The van der Waals surface area contributed by atoms with Gasteiger partial charge >= 0.3 is 6.18 Å². The molecule has 0 aliphatic heterocycles. The number of halogens is 4. The number of para-hydroxylation sites is 1. The van der Waals surface area contributed by atoms with E-state index in [2.05, 4.69) is 21.2 Å². The lowest BCUT2D eigenvalue weighted by Gasteiger charge is -2.39. The van der Waals surface area contributed by atoms with Crippen LogP contribution >= 0.6 is 15.9 Å². The van der Waals surface area contributed by atoms with Crippen molar-refractivity contribution in [2.45, 2.75) is 44.6 Å². The summed E-state index contributed by atoms with van der Waals surface area (Å²) in [6.45, 7) is 5.55. The molecule has 3 nitrogen and oxygen atoms in total. The molecule has 0 saturated heterocycles. The third kappa shape index (κ3) is 2.17. The molecule has 136 valence electrons. The van der Waals surface area contributed by atoms with Crippen molar-refractivity contribution < 1.29 is 22.8 Å². The van der Waals surface area contributed by atoms with Gasteiger partial charge in [0.05, 0.1) is 21.5 Å². The van der Waals surface area contributed by atoms with Gasteiger partial charge in [-0.3, -0.25) is 9.59 Å². The number of carbonyl (C=O) groups is 2. The maximum absolute atomic E-state index is 13.2. The Hall–Kier alpha value is -1.37. The van der Waals surface area contributed by atoms with Crippen molar-refractivity contribution in [1.82, 2.24) is 0 Å². The maximum atomic E-state index is 13.2. The van der Waals surface area contributed by atoms with Gasteiger partial charge in [-0.25, -0.2) is 0 Å². The minimum absolute atomic E-state index is 0.0528. The fourth-order valence-electron chi connectivity index (χ4n) is 4.53. The van der Waals surface area contributed by atoms with E-state index in [-0.39, 0.29) is 11.5 Å². The second kappa shape index (κ2) is 5.32. The molecule has 3 atom stereocenters. The van der Waals surface area contributed by atoms with Crippen molar-refractivity contribution in [2.24, 2.45) is 16.2 Å². The average molecular weight is 418 g/mol. The van der Waals surface area contributed by atoms with Crippen molar-refractivity contribution in [2.75, 3.05) is 5.32 Å².